The second-order valence-electron chi connectivity index (χ2n) is 5.75. The molecule has 6 nitrogen and oxygen atoms in total. The number of alkyl halides is 1. The van der Waals surface area contributed by atoms with Crippen molar-refractivity contribution in [2.24, 2.45) is 5.41 Å². The maximum atomic E-state index is 12.9. The van der Waals surface area contributed by atoms with Crippen molar-refractivity contribution in [3.63, 3.8) is 0 Å². The lowest BCUT2D eigenvalue weighted by Gasteiger charge is -2.28. The molecule has 0 fully saturated rings. The number of allylic oxidation sites excluding steroid dienone is 2. The van der Waals surface area contributed by atoms with Crippen LogP contribution in [0.5, 0.6) is 11.5 Å². The molecule has 0 aromatic heterocycles. The average Bonchev–Trinajstić information content (AvgIpc) is 2.67. The predicted molar refractivity (Wildman–Crippen MR) is 107 cm³/mol. The quantitative estimate of drug-likeness (QED) is 0.225. The summed E-state index contributed by atoms with van der Waals surface area (Å²) in [6.07, 6.45) is 3.88. The van der Waals surface area contributed by atoms with Crippen molar-refractivity contribution >= 4 is 27.9 Å². The van der Waals surface area contributed by atoms with Crippen LogP contribution in [0.15, 0.2) is 30.4 Å². The van der Waals surface area contributed by atoms with Crippen molar-refractivity contribution in [2.45, 2.75) is 26.7 Å². The third-order valence-electron chi connectivity index (χ3n) is 3.97. The molecule has 1 aromatic rings. The molecule has 150 valence electrons. The molecule has 0 aliphatic heterocycles. The Bertz CT molecular complexity index is 616. The minimum absolute atomic E-state index is 0.102. The fraction of sp³-hybridized carbons (Fsp3) is 0.500. The van der Waals surface area contributed by atoms with Crippen molar-refractivity contribution in [3.05, 3.63) is 35.9 Å². The van der Waals surface area contributed by atoms with E-state index in [2.05, 4.69) is 15.9 Å². The molecule has 0 aliphatic carbocycles. The number of esters is 2. The largest absolute Gasteiger partial charge is 0.497 e. The first-order chi connectivity index (χ1) is 13.0. The number of benzene rings is 1. The Labute approximate surface area is 168 Å². The Morgan fingerprint density at radius 3 is 1.89 bits per heavy atom. The third-order valence-corrected chi connectivity index (χ3v) is 4.35. The first-order valence-electron chi connectivity index (χ1n) is 8.74. The van der Waals surface area contributed by atoms with Gasteiger partial charge < -0.3 is 18.9 Å². The van der Waals surface area contributed by atoms with Crippen molar-refractivity contribution in [3.8, 4) is 11.5 Å². The summed E-state index contributed by atoms with van der Waals surface area (Å²) in [5, 5.41) is 0.613. The van der Waals surface area contributed by atoms with Gasteiger partial charge in [-0.05, 0) is 44.4 Å². The number of methoxy groups -OCH3 is 2. The normalized spacial score (nSPS) is 11.3. The van der Waals surface area contributed by atoms with Gasteiger partial charge in [0.2, 0.25) is 0 Å². The maximum absolute atomic E-state index is 12.9. The van der Waals surface area contributed by atoms with Crippen molar-refractivity contribution in [2.75, 3.05) is 32.8 Å². The molecule has 1 aromatic carbocycles. The van der Waals surface area contributed by atoms with Crippen molar-refractivity contribution < 1.29 is 28.5 Å². The number of hydrogen-bond acceptors (Lipinski definition) is 6. The van der Waals surface area contributed by atoms with Gasteiger partial charge in [-0.2, -0.15) is 0 Å². The van der Waals surface area contributed by atoms with Gasteiger partial charge in [0.05, 0.1) is 27.4 Å². The van der Waals surface area contributed by atoms with E-state index >= 15 is 0 Å². The number of carbonyl (C=O) groups excluding carboxylic acids is 2. The standard InChI is InChI=1S/C20H27BrO6/c1-5-26-18(22)20(9-7-8-10-21,19(23)27-6-2)14-15-11-16(24-3)13-17(12-15)25-4/h7-8,11-13H,5-6,9-10,14H2,1-4H3/b8-7+. The summed E-state index contributed by atoms with van der Waals surface area (Å²) in [7, 11) is 3.09. The summed E-state index contributed by atoms with van der Waals surface area (Å²) in [4.78, 5) is 25.7. The summed E-state index contributed by atoms with van der Waals surface area (Å²) < 4.78 is 21.1. The van der Waals surface area contributed by atoms with E-state index in [4.69, 9.17) is 18.9 Å². The summed E-state index contributed by atoms with van der Waals surface area (Å²) >= 11 is 3.31. The maximum Gasteiger partial charge on any atom is 0.324 e. The fourth-order valence-corrected chi connectivity index (χ4v) is 2.93. The number of hydrogen-bond donors (Lipinski definition) is 0. The van der Waals surface area contributed by atoms with E-state index in [1.807, 2.05) is 6.08 Å². The van der Waals surface area contributed by atoms with E-state index in [1.165, 1.54) is 0 Å². The molecule has 7 heteroatoms. The topological polar surface area (TPSA) is 71.1 Å². The first kappa shape index (κ1) is 23.0. The zero-order valence-corrected chi connectivity index (χ0v) is 17.8. The summed E-state index contributed by atoms with van der Waals surface area (Å²) in [5.74, 6) is -0.0714. The highest BCUT2D eigenvalue weighted by atomic mass is 79.9. The van der Waals surface area contributed by atoms with E-state index < -0.39 is 17.4 Å². The predicted octanol–water partition coefficient (Wildman–Crippen LogP) is 3.70. The fourth-order valence-electron chi connectivity index (χ4n) is 2.67. The molecule has 0 unspecified atom stereocenters. The zero-order valence-electron chi connectivity index (χ0n) is 16.2. The van der Waals surface area contributed by atoms with Gasteiger partial charge >= 0.3 is 11.9 Å². The van der Waals surface area contributed by atoms with Crippen LogP contribution in [0.25, 0.3) is 0 Å². The summed E-state index contributed by atoms with van der Waals surface area (Å²) in [5.41, 5.74) is -0.776. The van der Waals surface area contributed by atoms with Gasteiger partial charge in [-0.25, -0.2) is 0 Å². The highest BCUT2D eigenvalue weighted by Crippen LogP contribution is 2.34. The van der Waals surface area contributed by atoms with Crippen LogP contribution in [0.3, 0.4) is 0 Å². The number of halogens is 1. The molecule has 0 saturated carbocycles. The van der Waals surface area contributed by atoms with Crippen LogP contribution < -0.4 is 9.47 Å². The molecule has 0 bridgehead atoms. The molecule has 0 amide bonds. The molecule has 0 spiro atoms. The lowest BCUT2D eigenvalue weighted by Crippen LogP contribution is -2.43. The first-order valence-corrected chi connectivity index (χ1v) is 9.86. The van der Waals surface area contributed by atoms with Gasteiger partial charge in [0.1, 0.15) is 11.5 Å². The van der Waals surface area contributed by atoms with Crippen molar-refractivity contribution in [1.82, 2.24) is 0 Å². The van der Waals surface area contributed by atoms with Crippen LogP contribution >= 0.6 is 15.9 Å². The van der Waals surface area contributed by atoms with E-state index in [9.17, 15) is 9.59 Å². The Hall–Kier alpha value is -2.02. The Balaban J connectivity index is 3.42. The minimum atomic E-state index is -1.48. The highest BCUT2D eigenvalue weighted by molar-refractivity contribution is 9.09. The van der Waals surface area contributed by atoms with Gasteiger partial charge in [0.15, 0.2) is 5.41 Å². The number of carbonyl (C=O) groups is 2. The Kier molecular flexibility index (Phi) is 9.93. The molecule has 0 aliphatic rings. The average molecular weight is 443 g/mol. The van der Waals surface area contributed by atoms with Crippen LogP contribution in [0.2, 0.25) is 0 Å². The number of ether oxygens (including phenoxy) is 4. The molecule has 0 atom stereocenters. The third kappa shape index (κ3) is 6.27. The van der Waals surface area contributed by atoms with Gasteiger partial charge in [-0.15, -0.1) is 0 Å². The van der Waals surface area contributed by atoms with Gasteiger partial charge in [-0.1, -0.05) is 28.1 Å². The van der Waals surface area contributed by atoms with Crippen LogP contribution in [0, 0.1) is 5.41 Å². The summed E-state index contributed by atoms with van der Waals surface area (Å²) in [6, 6.07) is 5.26. The van der Waals surface area contributed by atoms with Gasteiger partial charge in [-0.3, -0.25) is 9.59 Å². The van der Waals surface area contributed by atoms with Crippen LogP contribution in [-0.4, -0.2) is 44.7 Å². The van der Waals surface area contributed by atoms with E-state index in [1.54, 1.807) is 52.3 Å². The highest BCUT2D eigenvalue weighted by Gasteiger charge is 2.48. The Morgan fingerprint density at radius 1 is 0.963 bits per heavy atom. The van der Waals surface area contributed by atoms with E-state index in [0.717, 1.165) is 0 Å². The molecule has 0 saturated heterocycles. The van der Waals surface area contributed by atoms with Gasteiger partial charge in [0.25, 0.3) is 0 Å². The lowest BCUT2D eigenvalue weighted by atomic mass is 9.78. The summed E-state index contributed by atoms with van der Waals surface area (Å²) in [6.45, 7) is 3.75. The van der Waals surface area contributed by atoms with Crippen LogP contribution in [-0.2, 0) is 25.5 Å². The van der Waals surface area contributed by atoms with Crippen LogP contribution in [0.1, 0.15) is 25.8 Å². The molecule has 27 heavy (non-hydrogen) atoms. The van der Waals surface area contributed by atoms with E-state index in [0.29, 0.717) is 22.4 Å². The molecular weight excluding hydrogens is 416 g/mol. The molecule has 1 rings (SSSR count). The lowest BCUT2D eigenvalue weighted by molar-refractivity contribution is -0.171. The minimum Gasteiger partial charge on any atom is -0.497 e. The van der Waals surface area contributed by atoms with Crippen molar-refractivity contribution in [1.29, 1.82) is 0 Å². The monoisotopic (exact) mass is 442 g/mol. The smallest absolute Gasteiger partial charge is 0.324 e. The second-order valence-corrected chi connectivity index (χ2v) is 6.40. The van der Waals surface area contributed by atoms with E-state index in [-0.39, 0.29) is 26.1 Å². The molecule has 0 radical (unpaired) electrons. The molecule has 0 heterocycles. The zero-order chi connectivity index (χ0) is 20.3. The number of rotatable bonds is 11. The molecule has 0 N–H and O–H groups in total. The molecular formula is C20H27BrO6. The Morgan fingerprint density at radius 2 is 1.48 bits per heavy atom. The van der Waals surface area contributed by atoms with Gasteiger partial charge in [0, 0.05) is 11.4 Å². The second kappa shape index (κ2) is 11.6. The SMILES string of the molecule is CCOC(=O)C(C/C=C/CBr)(Cc1cc(OC)cc(OC)c1)C(=O)OCC. The van der Waals surface area contributed by atoms with Crippen LogP contribution in [0.4, 0.5) is 0 Å².